The molecular weight excluding hydrogens is 194 g/mol. The third-order valence-corrected chi connectivity index (χ3v) is 3.31. The first kappa shape index (κ1) is 13.2. The van der Waals surface area contributed by atoms with Crippen molar-refractivity contribution < 1.29 is 0 Å². The largest absolute Gasteiger partial charge is 0.316 e. The Morgan fingerprint density at radius 1 is 1.12 bits per heavy atom. The van der Waals surface area contributed by atoms with Crippen LogP contribution in [0.15, 0.2) is 30.3 Å². The smallest absolute Gasteiger partial charge is 0.0156 e. The maximum atomic E-state index is 3.48. The van der Waals surface area contributed by atoms with Gasteiger partial charge in [-0.15, -0.1) is 0 Å². The molecule has 0 fully saturated rings. The first-order valence-corrected chi connectivity index (χ1v) is 6.42. The van der Waals surface area contributed by atoms with Crippen molar-refractivity contribution in [1.29, 1.82) is 0 Å². The Hall–Kier alpha value is -0.820. The zero-order valence-corrected chi connectivity index (χ0v) is 11.0. The highest BCUT2D eigenvalue weighted by atomic mass is 14.9. The predicted molar refractivity (Wildman–Crippen MR) is 71.8 cm³/mol. The molecular formula is C15H25N. The van der Waals surface area contributed by atoms with E-state index in [1.54, 1.807) is 0 Å². The highest BCUT2D eigenvalue weighted by molar-refractivity contribution is 5.21. The molecule has 1 N–H and O–H groups in total. The van der Waals surface area contributed by atoms with E-state index in [1.165, 1.54) is 18.4 Å². The fourth-order valence-corrected chi connectivity index (χ4v) is 2.56. The first-order valence-electron chi connectivity index (χ1n) is 6.42. The highest BCUT2D eigenvalue weighted by Crippen LogP contribution is 2.28. The van der Waals surface area contributed by atoms with Crippen LogP contribution in [0.5, 0.6) is 0 Å². The lowest BCUT2D eigenvalue weighted by Crippen LogP contribution is -2.36. The SMILES string of the molecule is CCCC(c1ccccc1)C(NC)C(C)C. The van der Waals surface area contributed by atoms with Gasteiger partial charge in [0, 0.05) is 6.04 Å². The van der Waals surface area contributed by atoms with Crippen LogP contribution < -0.4 is 5.32 Å². The Kier molecular flexibility index (Phi) is 5.54. The number of likely N-dealkylation sites (N-methyl/N-ethyl adjacent to an activating group) is 1. The molecule has 0 aliphatic rings. The second-order valence-electron chi connectivity index (χ2n) is 4.86. The van der Waals surface area contributed by atoms with Gasteiger partial charge in [-0.1, -0.05) is 57.5 Å². The van der Waals surface area contributed by atoms with Gasteiger partial charge in [0.15, 0.2) is 0 Å². The monoisotopic (exact) mass is 219 g/mol. The summed E-state index contributed by atoms with van der Waals surface area (Å²) >= 11 is 0. The molecule has 0 radical (unpaired) electrons. The van der Waals surface area contributed by atoms with Gasteiger partial charge in [0.1, 0.15) is 0 Å². The van der Waals surface area contributed by atoms with E-state index in [0.29, 0.717) is 17.9 Å². The molecule has 0 aliphatic carbocycles. The van der Waals surface area contributed by atoms with Gasteiger partial charge in [-0.2, -0.15) is 0 Å². The summed E-state index contributed by atoms with van der Waals surface area (Å²) in [5.74, 6) is 1.30. The fraction of sp³-hybridized carbons (Fsp3) is 0.600. The molecule has 0 spiro atoms. The van der Waals surface area contributed by atoms with Crippen molar-refractivity contribution in [3.63, 3.8) is 0 Å². The van der Waals surface area contributed by atoms with Crippen LogP contribution in [-0.4, -0.2) is 13.1 Å². The molecule has 90 valence electrons. The molecule has 1 aromatic rings. The van der Waals surface area contributed by atoms with E-state index in [2.05, 4.69) is 63.5 Å². The number of hydrogen-bond acceptors (Lipinski definition) is 1. The van der Waals surface area contributed by atoms with Crippen molar-refractivity contribution >= 4 is 0 Å². The van der Waals surface area contributed by atoms with Crippen molar-refractivity contribution in [2.75, 3.05) is 7.05 Å². The maximum absolute atomic E-state index is 3.48. The number of rotatable bonds is 6. The van der Waals surface area contributed by atoms with Gasteiger partial charge >= 0.3 is 0 Å². The molecule has 16 heavy (non-hydrogen) atoms. The zero-order valence-electron chi connectivity index (χ0n) is 11.0. The molecule has 0 aromatic heterocycles. The van der Waals surface area contributed by atoms with E-state index < -0.39 is 0 Å². The molecule has 1 aromatic carbocycles. The van der Waals surface area contributed by atoms with Gasteiger partial charge in [0.2, 0.25) is 0 Å². The molecule has 0 saturated heterocycles. The summed E-state index contributed by atoms with van der Waals surface area (Å²) in [5.41, 5.74) is 1.47. The summed E-state index contributed by atoms with van der Waals surface area (Å²) in [4.78, 5) is 0. The van der Waals surface area contributed by atoms with Gasteiger partial charge in [0.25, 0.3) is 0 Å². The van der Waals surface area contributed by atoms with Crippen LogP contribution >= 0.6 is 0 Å². The second-order valence-corrected chi connectivity index (χ2v) is 4.86. The van der Waals surface area contributed by atoms with Gasteiger partial charge < -0.3 is 5.32 Å². The van der Waals surface area contributed by atoms with Gasteiger partial charge in [-0.05, 0) is 30.9 Å². The molecule has 0 amide bonds. The van der Waals surface area contributed by atoms with Crippen LogP contribution in [0.3, 0.4) is 0 Å². The van der Waals surface area contributed by atoms with Crippen molar-refractivity contribution in [2.45, 2.75) is 45.6 Å². The fourth-order valence-electron chi connectivity index (χ4n) is 2.56. The second kappa shape index (κ2) is 6.70. The predicted octanol–water partition coefficient (Wildman–Crippen LogP) is 3.81. The van der Waals surface area contributed by atoms with Crippen molar-refractivity contribution in [3.8, 4) is 0 Å². The Morgan fingerprint density at radius 2 is 1.75 bits per heavy atom. The Balaban J connectivity index is 2.89. The summed E-state index contributed by atoms with van der Waals surface area (Å²) in [6, 6.07) is 11.5. The van der Waals surface area contributed by atoms with E-state index in [-0.39, 0.29) is 0 Å². The maximum Gasteiger partial charge on any atom is 0.0156 e. The molecule has 1 rings (SSSR count). The van der Waals surface area contributed by atoms with Crippen molar-refractivity contribution in [2.24, 2.45) is 5.92 Å². The third kappa shape index (κ3) is 3.34. The highest BCUT2D eigenvalue weighted by Gasteiger charge is 2.23. The zero-order chi connectivity index (χ0) is 12.0. The van der Waals surface area contributed by atoms with E-state index in [4.69, 9.17) is 0 Å². The van der Waals surface area contributed by atoms with Crippen LogP contribution in [0.1, 0.15) is 45.1 Å². The Morgan fingerprint density at radius 3 is 2.19 bits per heavy atom. The average molecular weight is 219 g/mol. The van der Waals surface area contributed by atoms with Crippen LogP contribution in [0.4, 0.5) is 0 Å². The molecule has 2 atom stereocenters. The summed E-state index contributed by atoms with van der Waals surface area (Å²) < 4.78 is 0. The molecule has 1 nitrogen and oxygen atoms in total. The lowest BCUT2D eigenvalue weighted by atomic mass is 9.82. The van der Waals surface area contributed by atoms with Crippen molar-refractivity contribution in [1.82, 2.24) is 5.32 Å². The lowest BCUT2D eigenvalue weighted by molar-refractivity contribution is 0.347. The quantitative estimate of drug-likeness (QED) is 0.767. The molecule has 2 unspecified atom stereocenters. The third-order valence-electron chi connectivity index (χ3n) is 3.31. The summed E-state index contributed by atoms with van der Waals surface area (Å²) in [7, 11) is 2.08. The normalized spacial score (nSPS) is 15.1. The lowest BCUT2D eigenvalue weighted by Gasteiger charge is -2.30. The minimum absolute atomic E-state index is 0.572. The van der Waals surface area contributed by atoms with Crippen LogP contribution in [0.2, 0.25) is 0 Å². The van der Waals surface area contributed by atoms with Crippen LogP contribution in [-0.2, 0) is 0 Å². The minimum Gasteiger partial charge on any atom is -0.316 e. The molecule has 0 heterocycles. The summed E-state index contributed by atoms with van der Waals surface area (Å²) in [6.45, 7) is 6.86. The van der Waals surface area contributed by atoms with Gasteiger partial charge in [-0.3, -0.25) is 0 Å². The van der Waals surface area contributed by atoms with Gasteiger partial charge in [0.05, 0.1) is 0 Å². The number of hydrogen-bond donors (Lipinski definition) is 1. The summed E-state index contributed by atoms with van der Waals surface area (Å²) in [5, 5.41) is 3.48. The van der Waals surface area contributed by atoms with Crippen LogP contribution in [0.25, 0.3) is 0 Å². The average Bonchev–Trinajstić information content (AvgIpc) is 2.29. The molecule has 0 aliphatic heterocycles. The number of nitrogens with one attached hydrogen (secondary N) is 1. The van der Waals surface area contributed by atoms with E-state index in [0.717, 1.165) is 0 Å². The topological polar surface area (TPSA) is 12.0 Å². The number of benzene rings is 1. The Bertz CT molecular complexity index is 279. The van der Waals surface area contributed by atoms with E-state index >= 15 is 0 Å². The minimum atomic E-state index is 0.572. The molecule has 0 saturated carbocycles. The van der Waals surface area contributed by atoms with E-state index in [1.807, 2.05) is 0 Å². The Labute approximate surface area is 100 Å². The molecule has 1 heteroatoms. The summed E-state index contributed by atoms with van der Waals surface area (Å²) in [6.07, 6.45) is 2.50. The van der Waals surface area contributed by atoms with Crippen molar-refractivity contribution in [3.05, 3.63) is 35.9 Å². The standard InChI is InChI=1S/C15H25N/c1-5-9-14(15(16-4)12(2)3)13-10-7-6-8-11-13/h6-8,10-12,14-16H,5,9H2,1-4H3. The molecule has 0 bridgehead atoms. The first-order chi connectivity index (χ1) is 7.70. The van der Waals surface area contributed by atoms with Gasteiger partial charge in [-0.25, -0.2) is 0 Å². The van der Waals surface area contributed by atoms with Crippen LogP contribution in [0, 0.1) is 5.92 Å². The van der Waals surface area contributed by atoms with E-state index in [9.17, 15) is 0 Å².